The Balaban J connectivity index is 1.80. The minimum Gasteiger partial charge on any atom is -0.496 e. The average molecular weight is 434 g/mol. The minimum atomic E-state index is -0.0532. The van der Waals surface area contributed by atoms with Crippen molar-refractivity contribution in [3.63, 3.8) is 0 Å². The standard InChI is InChI=1S/C19H16BrNO2S2/c1-12-3-5-13(6-4-12)11-21-18(22)17(25-19(21)24)10-14-7-8-16(23-2)15(20)9-14/h3-10H,11H2,1-2H3/b17-10-. The molecular weight excluding hydrogens is 418 g/mol. The topological polar surface area (TPSA) is 29.5 Å². The highest BCUT2D eigenvalue weighted by Gasteiger charge is 2.31. The molecule has 0 bridgehead atoms. The van der Waals surface area contributed by atoms with Crippen LogP contribution >= 0.6 is 39.9 Å². The fraction of sp³-hybridized carbons (Fsp3) is 0.158. The Kier molecular flexibility index (Phi) is 5.61. The van der Waals surface area contributed by atoms with Crippen LogP contribution in [0.25, 0.3) is 6.08 Å². The van der Waals surface area contributed by atoms with Crippen molar-refractivity contribution in [1.29, 1.82) is 0 Å². The number of aryl methyl sites for hydroxylation is 1. The van der Waals surface area contributed by atoms with Crippen molar-refractivity contribution in [3.8, 4) is 5.75 Å². The summed E-state index contributed by atoms with van der Waals surface area (Å²) in [5.41, 5.74) is 3.18. The number of methoxy groups -OCH3 is 1. The predicted octanol–water partition coefficient (Wildman–Crippen LogP) is 5.17. The summed E-state index contributed by atoms with van der Waals surface area (Å²) in [7, 11) is 1.62. The van der Waals surface area contributed by atoms with Crippen molar-refractivity contribution in [1.82, 2.24) is 4.90 Å². The maximum atomic E-state index is 12.7. The van der Waals surface area contributed by atoms with Crippen molar-refractivity contribution in [2.75, 3.05) is 7.11 Å². The van der Waals surface area contributed by atoms with E-state index in [4.69, 9.17) is 17.0 Å². The van der Waals surface area contributed by atoms with Gasteiger partial charge in [-0.2, -0.15) is 0 Å². The Bertz CT molecular complexity index is 862. The molecule has 1 heterocycles. The number of amides is 1. The Morgan fingerprint density at radius 3 is 2.60 bits per heavy atom. The number of benzene rings is 2. The highest BCUT2D eigenvalue weighted by atomic mass is 79.9. The quantitative estimate of drug-likeness (QED) is 0.491. The van der Waals surface area contributed by atoms with Crippen molar-refractivity contribution in [2.24, 2.45) is 0 Å². The molecule has 0 N–H and O–H groups in total. The molecule has 25 heavy (non-hydrogen) atoms. The zero-order chi connectivity index (χ0) is 18.0. The van der Waals surface area contributed by atoms with Gasteiger partial charge in [0.1, 0.15) is 10.1 Å². The number of thioether (sulfide) groups is 1. The van der Waals surface area contributed by atoms with Crippen molar-refractivity contribution in [2.45, 2.75) is 13.5 Å². The van der Waals surface area contributed by atoms with Gasteiger partial charge in [-0.05, 0) is 52.2 Å². The maximum absolute atomic E-state index is 12.7. The molecule has 0 radical (unpaired) electrons. The highest BCUT2D eigenvalue weighted by molar-refractivity contribution is 9.10. The minimum absolute atomic E-state index is 0.0532. The van der Waals surface area contributed by atoms with Crippen LogP contribution < -0.4 is 4.74 Å². The Labute approximate surface area is 165 Å². The molecule has 0 spiro atoms. The van der Waals surface area contributed by atoms with Crippen LogP contribution in [0, 0.1) is 6.92 Å². The first-order valence-corrected chi connectivity index (χ1v) is 9.64. The lowest BCUT2D eigenvalue weighted by atomic mass is 10.1. The van der Waals surface area contributed by atoms with Gasteiger partial charge in [-0.3, -0.25) is 9.69 Å². The lowest BCUT2D eigenvalue weighted by molar-refractivity contribution is -0.122. The fourth-order valence-corrected chi connectivity index (χ4v) is 4.25. The molecule has 0 saturated carbocycles. The first kappa shape index (κ1) is 18.2. The molecule has 0 atom stereocenters. The zero-order valence-corrected chi connectivity index (χ0v) is 17.0. The first-order chi connectivity index (χ1) is 12.0. The van der Waals surface area contributed by atoms with E-state index in [0.29, 0.717) is 15.8 Å². The summed E-state index contributed by atoms with van der Waals surface area (Å²) in [5, 5.41) is 0. The number of halogens is 1. The van der Waals surface area contributed by atoms with E-state index in [2.05, 4.69) is 15.9 Å². The SMILES string of the molecule is COc1ccc(/C=C2\SC(=S)N(Cc3ccc(C)cc3)C2=O)cc1Br. The van der Waals surface area contributed by atoms with Gasteiger partial charge < -0.3 is 4.74 Å². The van der Waals surface area contributed by atoms with E-state index in [1.807, 2.05) is 55.5 Å². The molecule has 128 valence electrons. The van der Waals surface area contributed by atoms with Gasteiger partial charge in [0.15, 0.2) is 0 Å². The van der Waals surface area contributed by atoms with Crippen molar-refractivity contribution < 1.29 is 9.53 Å². The largest absolute Gasteiger partial charge is 0.496 e. The third-order valence-electron chi connectivity index (χ3n) is 3.81. The van der Waals surface area contributed by atoms with Crippen molar-refractivity contribution in [3.05, 3.63) is 68.5 Å². The third-order valence-corrected chi connectivity index (χ3v) is 5.81. The van der Waals surface area contributed by atoms with E-state index in [1.165, 1.54) is 17.3 Å². The van der Waals surface area contributed by atoms with Gasteiger partial charge in [-0.1, -0.05) is 59.9 Å². The van der Waals surface area contributed by atoms with E-state index in [9.17, 15) is 4.79 Å². The molecule has 1 fully saturated rings. The summed E-state index contributed by atoms with van der Waals surface area (Å²) >= 11 is 10.2. The van der Waals surface area contributed by atoms with Gasteiger partial charge in [0.2, 0.25) is 0 Å². The van der Waals surface area contributed by atoms with Crippen LogP contribution in [0.4, 0.5) is 0 Å². The smallest absolute Gasteiger partial charge is 0.266 e. The molecule has 3 nitrogen and oxygen atoms in total. The molecule has 1 amide bonds. The van der Waals surface area contributed by atoms with E-state index in [1.54, 1.807) is 12.0 Å². The van der Waals surface area contributed by atoms with Gasteiger partial charge in [-0.25, -0.2) is 0 Å². The fourth-order valence-electron chi connectivity index (χ4n) is 2.44. The van der Waals surface area contributed by atoms with Gasteiger partial charge in [0.05, 0.1) is 23.0 Å². The zero-order valence-electron chi connectivity index (χ0n) is 13.8. The molecule has 1 aliphatic heterocycles. The van der Waals surface area contributed by atoms with Crippen LogP contribution in [-0.2, 0) is 11.3 Å². The Morgan fingerprint density at radius 1 is 1.24 bits per heavy atom. The molecule has 2 aromatic rings. The Hall–Kier alpha value is -1.63. The summed E-state index contributed by atoms with van der Waals surface area (Å²) in [6.45, 7) is 2.54. The molecular formula is C19H16BrNO2S2. The molecule has 1 saturated heterocycles. The Morgan fingerprint density at radius 2 is 1.96 bits per heavy atom. The second kappa shape index (κ2) is 7.72. The van der Waals surface area contributed by atoms with E-state index in [-0.39, 0.29) is 5.91 Å². The lowest BCUT2D eigenvalue weighted by Crippen LogP contribution is -2.27. The molecule has 0 aromatic heterocycles. The molecule has 6 heteroatoms. The number of carbonyl (C=O) groups excluding carboxylic acids is 1. The predicted molar refractivity (Wildman–Crippen MR) is 111 cm³/mol. The van der Waals surface area contributed by atoms with E-state index in [0.717, 1.165) is 21.3 Å². The number of hydrogen-bond acceptors (Lipinski definition) is 4. The normalized spacial score (nSPS) is 16.0. The van der Waals surface area contributed by atoms with Crippen LogP contribution in [0.1, 0.15) is 16.7 Å². The highest BCUT2D eigenvalue weighted by Crippen LogP contribution is 2.34. The van der Waals surface area contributed by atoms with Crippen LogP contribution in [0.15, 0.2) is 51.8 Å². The first-order valence-electron chi connectivity index (χ1n) is 7.62. The summed E-state index contributed by atoms with van der Waals surface area (Å²) in [6, 6.07) is 13.8. The number of rotatable bonds is 4. The van der Waals surface area contributed by atoms with Crippen molar-refractivity contribution >= 4 is 56.2 Å². The molecule has 0 aliphatic carbocycles. The molecule has 3 rings (SSSR count). The van der Waals surface area contributed by atoms with Crippen LogP contribution in [-0.4, -0.2) is 22.2 Å². The second-order valence-electron chi connectivity index (χ2n) is 5.65. The monoisotopic (exact) mass is 433 g/mol. The van der Waals surface area contributed by atoms with E-state index >= 15 is 0 Å². The molecule has 2 aromatic carbocycles. The van der Waals surface area contributed by atoms with Gasteiger partial charge in [-0.15, -0.1) is 0 Å². The second-order valence-corrected chi connectivity index (χ2v) is 8.18. The number of hydrogen-bond donors (Lipinski definition) is 0. The summed E-state index contributed by atoms with van der Waals surface area (Å²) in [4.78, 5) is 15.0. The van der Waals surface area contributed by atoms with Gasteiger partial charge in [0, 0.05) is 0 Å². The number of carbonyl (C=O) groups is 1. The third kappa shape index (κ3) is 4.14. The van der Waals surface area contributed by atoms with E-state index < -0.39 is 0 Å². The number of ether oxygens (including phenoxy) is 1. The summed E-state index contributed by atoms with van der Waals surface area (Å²) in [5.74, 6) is 0.701. The summed E-state index contributed by atoms with van der Waals surface area (Å²) in [6.07, 6.45) is 1.86. The van der Waals surface area contributed by atoms with Crippen LogP contribution in [0.5, 0.6) is 5.75 Å². The maximum Gasteiger partial charge on any atom is 0.266 e. The number of thiocarbonyl (C=S) groups is 1. The van der Waals surface area contributed by atoms with Crippen LogP contribution in [0.3, 0.4) is 0 Å². The van der Waals surface area contributed by atoms with Gasteiger partial charge >= 0.3 is 0 Å². The molecule has 0 unspecified atom stereocenters. The van der Waals surface area contributed by atoms with Crippen LogP contribution in [0.2, 0.25) is 0 Å². The number of nitrogens with zero attached hydrogens (tertiary/aromatic N) is 1. The molecule has 1 aliphatic rings. The average Bonchev–Trinajstić information content (AvgIpc) is 2.84. The summed E-state index contributed by atoms with van der Waals surface area (Å²) < 4.78 is 6.66. The van der Waals surface area contributed by atoms with Gasteiger partial charge in [0.25, 0.3) is 5.91 Å². The lowest BCUT2D eigenvalue weighted by Gasteiger charge is -2.14.